The van der Waals surface area contributed by atoms with Crippen LogP contribution in [0, 0.1) is 0 Å². The molecule has 0 spiro atoms. The summed E-state index contributed by atoms with van der Waals surface area (Å²) in [5.74, 6) is 0. The maximum absolute atomic E-state index is 10.6. The molecule has 230 valence electrons. The van der Waals surface area contributed by atoms with Crippen LogP contribution in [0.25, 0.3) is 0 Å². The molecule has 16 atom stereocenters. The molecule has 1 unspecified atom stereocenters. The third-order valence-corrected chi connectivity index (χ3v) is 6.72. The lowest BCUT2D eigenvalue weighted by molar-refractivity contribution is -0.373. The van der Waals surface area contributed by atoms with Gasteiger partial charge in [-0.25, -0.2) is 0 Å². The summed E-state index contributed by atoms with van der Waals surface area (Å²) < 4.78 is 32.3. The van der Waals surface area contributed by atoms with Crippen LogP contribution in [-0.2, 0) is 28.4 Å². The summed E-state index contributed by atoms with van der Waals surface area (Å²) in [5.41, 5.74) is 0. The average Bonchev–Trinajstić information content (AvgIpc) is 2.93. The topological polar surface area (TPSA) is 298 Å². The number of aliphatic hydroxyl groups is 12. The first-order valence-corrected chi connectivity index (χ1v) is 12.2. The SMILES string of the molecule is OCC(O)CO[C@H]1O[C@H](CO)[C@@H](O)[C@H](O)[C@H]1O[C@H]1O[C@H](CO[C@H]2O[C@H](CO)[C@@H](O)[C@H](O)[C@H]2O)[C@@H](O)[C@H](O)[C@@H]1O. The fourth-order valence-corrected chi connectivity index (χ4v) is 4.31. The molecule has 0 aromatic carbocycles. The Morgan fingerprint density at radius 2 is 1.03 bits per heavy atom. The van der Waals surface area contributed by atoms with E-state index in [1.165, 1.54) is 0 Å². The molecule has 0 aliphatic carbocycles. The summed E-state index contributed by atoms with van der Waals surface area (Å²) in [6, 6.07) is 0. The number of hydrogen-bond acceptors (Lipinski definition) is 18. The van der Waals surface area contributed by atoms with Crippen LogP contribution in [0.3, 0.4) is 0 Å². The van der Waals surface area contributed by atoms with Gasteiger partial charge in [-0.15, -0.1) is 0 Å². The van der Waals surface area contributed by atoms with Crippen molar-refractivity contribution in [2.45, 2.75) is 98.2 Å². The molecule has 0 saturated carbocycles. The second kappa shape index (κ2) is 14.4. The zero-order chi connectivity index (χ0) is 29.0. The summed E-state index contributed by atoms with van der Waals surface area (Å²) in [6.45, 7) is -3.31. The molecule has 0 bridgehead atoms. The minimum atomic E-state index is -1.92. The van der Waals surface area contributed by atoms with Crippen molar-refractivity contribution in [3.63, 3.8) is 0 Å². The first-order chi connectivity index (χ1) is 18.4. The highest BCUT2D eigenvalue weighted by Crippen LogP contribution is 2.30. The standard InChI is InChI=1S/C21H38O18/c22-1-6(25)4-34-21-18(15(31)11(27)8(3-24)37-21)39-20-17(33)14(30)12(28)9(38-20)5-35-19-16(32)13(29)10(26)7(2-23)36-19/h6-33H,1-5H2/t6?,7-,8-,9-,10-,11-,12-,13+,14+,15+,16-,17+,18-,19+,20-,21+/m1/s1. The van der Waals surface area contributed by atoms with E-state index in [-0.39, 0.29) is 0 Å². The molecule has 39 heavy (non-hydrogen) atoms. The van der Waals surface area contributed by atoms with E-state index in [1.807, 2.05) is 0 Å². The largest absolute Gasteiger partial charge is 0.394 e. The quantitative estimate of drug-likeness (QED) is 0.108. The van der Waals surface area contributed by atoms with Crippen molar-refractivity contribution in [2.75, 3.05) is 33.0 Å². The first kappa shape index (κ1) is 32.8. The highest BCUT2D eigenvalue weighted by atomic mass is 16.8. The Morgan fingerprint density at radius 1 is 0.538 bits per heavy atom. The molecule has 0 radical (unpaired) electrons. The van der Waals surface area contributed by atoms with E-state index >= 15 is 0 Å². The number of ether oxygens (including phenoxy) is 6. The molecule has 3 rings (SSSR count). The summed E-state index contributed by atoms with van der Waals surface area (Å²) in [7, 11) is 0. The van der Waals surface area contributed by atoms with E-state index < -0.39 is 131 Å². The van der Waals surface area contributed by atoms with E-state index in [4.69, 9.17) is 33.5 Å². The summed E-state index contributed by atoms with van der Waals surface area (Å²) in [5, 5.41) is 119. The van der Waals surface area contributed by atoms with E-state index in [1.54, 1.807) is 0 Å². The van der Waals surface area contributed by atoms with Crippen molar-refractivity contribution >= 4 is 0 Å². The van der Waals surface area contributed by atoms with Gasteiger partial charge in [-0.3, -0.25) is 0 Å². The van der Waals surface area contributed by atoms with Crippen LogP contribution in [-0.4, -0.2) is 193 Å². The van der Waals surface area contributed by atoms with Gasteiger partial charge in [-0.05, 0) is 0 Å². The Labute approximate surface area is 221 Å². The first-order valence-electron chi connectivity index (χ1n) is 12.2. The summed E-state index contributed by atoms with van der Waals surface area (Å²) in [4.78, 5) is 0. The van der Waals surface area contributed by atoms with Crippen molar-refractivity contribution < 1.29 is 89.7 Å². The Kier molecular flexibility index (Phi) is 12.1. The molecule has 3 saturated heterocycles. The zero-order valence-corrected chi connectivity index (χ0v) is 20.6. The molecular formula is C21H38O18. The van der Waals surface area contributed by atoms with Crippen molar-refractivity contribution in [3.8, 4) is 0 Å². The van der Waals surface area contributed by atoms with Crippen LogP contribution in [0.1, 0.15) is 0 Å². The lowest BCUT2D eigenvalue weighted by Gasteiger charge is -2.46. The molecule has 0 amide bonds. The van der Waals surface area contributed by atoms with Gasteiger partial charge in [0.05, 0.1) is 33.0 Å². The molecule has 3 aliphatic rings. The fraction of sp³-hybridized carbons (Fsp3) is 1.00. The summed E-state index contributed by atoms with van der Waals surface area (Å²) in [6.07, 6.45) is -26.4. The van der Waals surface area contributed by atoms with Gasteiger partial charge in [0.1, 0.15) is 79.4 Å². The Balaban J connectivity index is 1.70. The van der Waals surface area contributed by atoms with Gasteiger partial charge in [0, 0.05) is 0 Å². The second-order valence-corrected chi connectivity index (χ2v) is 9.52. The average molecular weight is 579 g/mol. The number of aliphatic hydroxyl groups excluding tert-OH is 12. The normalized spacial score (nSPS) is 48.2. The minimum Gasteiger partial charge on any atom is -0.394 e. The third-order valence-electron chi connectivity index (χ3n) is 6.72. The van der Waals surface area contributed by atoms with Gasteiger partial charge in [0.15, 0.2) is 18.9 Å². The number of rotatable bonds is 11. The lowest BCUT2D eigenvalue weighted by Crippen LogP contribution is -2.65. The fourth-order valence-electron chi connectivity index (χ4n) is 4.31. The van der Waals surface area contributed by atoms with E-state index in [0.29, 0.717) is 0 Å². The van der Waals surface area contributed by atoms with Gasteiger partial charge >= 0.3 is 0 Å². The maximum atomic E-state index is 10.6. The molecule has 3 aliphatic heterocycles. The molecule has 0 aromatic rings. The van der Waals surface area contributed by atoms with Crippen LogP contribution in [0.15, 0.2) is 0 Å². The van der Waals surface area contributed by atoms with Crippen LogP contribution < -0.4 is 0 Å². The van der Waals surface area contributed by atoms with Crippen LogP contribution >= 0.6 is 0 Å². The van der Waals surface area contributed by atoms with Gasteiger partial charge in [0.2, 0.25) is 0 Å². The van der Waals surface area contributed by atoms with Crippen molar-refractivity contribution in [1.29, 1.82) is 0 Å². The number of hydrogen-bond donors (Lipinski definition) is 12. The van der Waals surface area contributed by atoms with E-state index in [2.05, 4.69) is 0 Å². The highest BCUT2D eigenvalue weighted by Gasteiger charge is 2.52. The molecular weight excluding hydrogens is 540 g/mol. The Hall–Kier alpha value is -0.720. The van der Waals surface area contributed by atoms with E-state index in [9.17, 15) is 56.2 Å². The highest BCUT2D eigenvalue weighted by molar-refractivity contribution is 4.94. The Bertz CT molecular complexity index is 731. The zero-order valence-electron chi connectivity index (χ0n) is 20.6. The summed E-state index contributed by atoms with van der Waals surface area (Å²) >= 11 is 0. The maximum Gasteiger partial charge on any atom is 0.187 e. The predicted octanol–water partition coefficient (Wildman–Crippen LogP) is -8.20. The predicted molar refractivity (Wildman–Crippen MR) is 118 cm³/mol. The van der Waals surface area contributed by atoms with Crippen LogP contribution in [0.5, 0.6) is 0 Å². The monoisotopic (exact) mass is 578 g/mol. The van der Waals surface area contributed by atoms with Gasteiger partial charge in [-0.2, -0.15) is 0 Å². The van der Waals surface area contributed by atoms with Crippen molar-refractivity contribution in [3.05, 3.63) is 0 Å². The van der Waals surface area contributed by atoms with E-state index in [0.717, 1.165) is 0 Å². The smallest absolute Gasteiger partial charge is 0.187 e. The molecule has 18 heteroatoms. The Morgan fingerprint density at radius 3 is 1.59 bits per heavy atom. The molecule has 12 N–H and O–H groups in total. The molecule has 3 heterocycles. The molecule has 18 nitrogen and oxygen atoms in total. The molecule has 0 aromatic heterocycles. The second-order valence-electron chi connectivity index (χ2n) is 9.52. The van der Waals surface area contributed by atoms with Gasteiger partial charge in [0.25, 0.3) is 0 Å². The third kappa shape index (κ3) is 7.38. The van der Waals surface area contributed by atoms with Crippen molar-refractivity contribution in [2.24, 2.45) is 0 Å². The van der Waals surface area contributed by atoms with Crippen molar-refractivity contribution in [1.82, 2.24) is 0 Å². The van der Waals surface area contributed by atoms with Gasteiger partial charge in [-0.1, -0.05) is 0 Å². The lowest BCUT2D eigenvalue weighted by atomic mass is 9.97. The molecule has 3 fully saturated rings. The van der Waals surface area contributed by atoms with Gasteiger partial charge < -0.3 is 89.7 Å². The van der Waals surface area contributed by atoms with Crippen LogP contribution in [0.4, 0.5) is 0 Å². The minimum absolute atomic E-state index is 0.521. The van der Waals surface area contributed by atoms with Crippen LogP contribution in [0.2, 0.25) is 0 Å².